The van der Waals surface area contributed by atoms with E-state index in [9.17, 15) is 14.9 Å². The van der Waals surface area contributed by atoms with Crippen molar-refractivity contribution in [2.24, 2.45) is 0 Å². The fourth-order valence-corrected chi connectivity index (χ4v) is 2.12. The Morgan fingerprint density at radius 3 is 2.60 bits per heavy atom. The van der Waals surface area contributed by atoms with E-state index in [0.717, 1.165) is 0 Å². The number of fused-ring (bicyclic) bond motifs is 1. The summed E-state index contributed by atoms with van der Waals surface area (Å²) in [6.45, 7) is -0.136. The highest BCUT2D eigenvalue weighted by atomic mass is 16.6. The number of rotatable bonds is 2. The molecule has 6 nitrogen and oxygen atoms in total. The number of nitro groups is 1. The van der Waals surface area contributed by atoms with Crippen LogP contribution >= 0.6 is 0 Å². The molecule has 0 unspecified atom stereocenters. The van der Waals surface area contributed by atoms with E-state index < -0.39 is 4.92 Å². The quantitative estimate of drug-likeness (QED) is 0.621. The number of hydrogen-bond donors (Lipinski definition) is 0. The number of nitrogens with zero attached hydrogens (tertiary/aromatic N) is 2. The maximum atomic E-state index is 12.0. The zero-order valence-corrected chi connectivity index (χ0v) is 10.4. The Labute approximate surface area is 114 Å². The molecule has 1 aliphatic rings. The highest BCUT2D eigenvalue weighted by molar-refractivity contribution is 6.04. The summed E-state index contributed by atoms with van der Waals surface area (Å²) < 4.78 is 5.28. The zero-order chi connectivity index (χ0) is 14.1. The predicted molar refractivity (Wildman–Crippen MR) is 72.2 cm³/mol. The normalized spacial score (nSPS) is 13.6. The van der Waals surface area contributed by atoms with E-state index in [4.69, 9.17) is 4.74 Å². The minimum absolute atomic E-state index is 0.0638. The summed E-state index contributed by atoms with van der Waals surface area (Å²) in [5.74, 6) is 0.125. The molecule has 1 amide bonds. The molecule has 0 N–H and O–H groups in total. The molecule has 0 fully saturated rings. The lowest BCUT2D eigenvalue weighted by Crippen LogP contribution is -2.35. The molecule has 0 aromatic heterocycles. The Morgan fingerprint density at radius 1 is 1.15 bits per heavy atom. The summed E-state index contributed by atoms with van der Waals surface area (Å²) in [4.78, 5) is 23.8. The summed E-state index contributed by atoms with van der Waals surface area (Å²) in [6, 6.07) is 13.3. The number of para-hydroxylation sites is 1. The van der Waals surface area contributed by atoms with Crippen molar-refractivity contribution in [2.45, 2.75) is 0 Å². The fraction of sp³-hybridized carbons (Fsp3) is 0.0714. The van der Waals surface area contributed by atoms with E-state index in [0.29, 0.717) is 17.1 Å². The van der Waals surface area contributed by atoms with Crippen LogP contribution in [0.25, 0.3) is 0 Å². The van der Waals surface area contributed by atoms with E-state index in [1.165, 1.54) is 23.1 Å². The van der Waals surface area contributed by atoms with Gasteiger partial charge in [-0.1, -0.05) is 18.2 Å². The first-order valence-electron chi connectivity index (χ1n) is 5.96. The van der Waals surface area contributed by atoms with Crippen LogP contribution in [0.15, 0.2) is 48.5 Å². The Hall–Kier alpha value is -2.89. The predicted octanol–water partition coefficient (Wildman–Crippen LogP) is 2.65. The zero-order valence-electron chi connectivity index (χ0n) is 10.4. The Kier molecular flexibility index (Phi) is 2.83. The number of nitro benzene ring substituents is 1. The van der Waals surface area contributed by atoms with Crippen LogP contribution in [0.4, 0.5) is 17.1 Å². The molecule has 3 rings (SSSR count). The van der Waals surface area contributed by atoms with Crippen LogP contribution in [0.2, 0.25) is 0 Å². The average molecular weight is 270 g/mol. The van der Waals surface area contributed by atoms with Gasteiger partial charge in [-0.3, -0.25) is 19.8 Å². The van der Waals surface area contributed by atoms with Crippen molar-refractivity contribution in [3.05, 3.63) is 58.6 Å². The van der Waals surface area contributed by atoms with E-state index in [-0.39, 0.29) is 18.2 Å². The van der Waals surface area contributed by atoms with Gasteiger partial charge in [0.25, 0.3) is 11.6 Å². The Morgan fingerprint density at radius 2 is 1.90 bits per heavy atom. The van der Waals surface area contributed by atoms with Gasteiger partial charge in [0.2, 0.25) is 0 Å². The standard InChI is InChI=1S/C14H10N2O4/c17-14-9-20-13-8-11(16(18)19)6-7-12(13)15(14)10-4-2-1-3-5-10/h1-8H,9H2. The summed E-state index contributed by atoms with van der Waals surface area (Å²) >= 11 is 0. The van der Waals surface area contributed by atoms with Crippen LogP contribution in [-0.4, -0.2) is 17.4 Å². The molecule has 100 valence electrons. The van der Waals surface area contributed by atoms with Crippen molar-refractivity contribution < 1.29 is 14.5 Å². The number of benzene rings is 2. The number of amides is 1. The van der Waals surface area contributed by atoms with E-state index in [1.54, 1.807) is 12.1 Å². The van der Waals surface area contributed by atoms with Gasteiger partial charge in [-0.15, -0.1) is 0 Å². The molecule has 0 atom stereocenters. The van der Waals surface area contributed by atoms with Crippen molar-refractivity contribution >= 4 is 23.0 Å². The molecule has 0 radical (unpaired) electrons. The van der Waals surface area contributed by atoms with Gasteiger partial charge >= 0.3 is 0 Å². The summed E-state index contributed by atoms with van der Waals surface area (Å²) in [5.41, 5.74) is 1.15. The molecule has 2 aromatic rings. The largest absolute Gasteiger partial charge is 0.481 e. The molecule has 0 bridgehead atoms. The number of hydrogen-bond acceptors (Lipinski definition) is 4. The van der Waals surface area contributed by atoms with Crippen molar-refractivity contribution in [1.82, 2.24) is 0 Å². The van der Waals surface area contributed by atoms with Crippen molar-refractivity contribution in [3.63, 3.8) is 0 Å². The lowest BCUT2D eigenvalue weighted by atomic mass is 10.2. The van der Waals surface area contributed by atoms with Gasteiger partial charge in [-0.2, -0.15) is 0 Å². The third-order valence-corrected chi connectivity index (χ3v) is 3.01. The number of anilines is 2. The first-order chi connectivity index (χ1) is 9.66. The first kappa shape index (κ1) is 12.2. The molecular formula is C14H10N2O4. The summed E-state index contributed by atoms with van der Waals surface area (Å²) in [6.07, 6.45) is 0. The molecule has 1 heterocycles. The average Bonchev–Trinajstić information content (AvgIpc) is 2.47. The van der Waals surface area contributed by atoms with Crippen molar-refractivity contribution in [1.29, 1.82) is 0 Å². The van der Waals surface area contributed by atoms with Gasteiger partial charge in [0.15, 0.2) is 12.4 Å². The first-order valence-corrected chi connectivity index (χ1v) is 5.96. The van der Waals surface area contributed by atoms with Gasteiger partial charge in [0.05, 0.1) is 16.7 Å². The van der Waals surface area contributed by atoms with Crippen LogP contribution in [0.3, 0.4) is 0 Å². The number of ether oxygens (including phenoxy) is 1. The van der Waals surface area contributed by atoms with Gasteiger partial charge in [-0.05, 0) is 18.2 Å². The van der Waals surface area contributed by atoms with E-state index in [2.05, 4.69) is 0 Å². The molecule has 1 aliphatic heterocycles. The lowest BCUT2D eigenvalue weighted by Gasteiger charge is -2.29. The third-order valence-electron chi connectivity index (χ3n) is 3.01. The molecule has 6 heteroatoms. The monoisotopic (exact) mass is 270 g/mol. The Balaban J connectivity index is 2.10. The second-order valence-electron chi connectivity index (χ2n) is 4.26. The summed E-state index contributed by atoms with van der Waals surface area (Å²) in [7, 11) is 0. The van der Waals surface area contributed by atoms with Crippen LogP contribution in [-0.2, 0) is 4.79 Å². The molecule has 20 heavy (non-hydrogen) atoms. The highest BCUT2D eigenvalue weighted by Gasteiger charge is 2.28. The van der Waals surface area contributed by atoms with Gasteiger partial charge < -0.3 is 4.74 Å². The molecule has 0 spiro atoms. The highest BCUT2D eigenvalue weighted by Crippen LogP contribution is 2.39. The topological polar surface area (TPSA) is 72.7 Å². The van der Waals surface area contributed by atoms with Crippen molar-refractivity contribution in [2.75, 3.05) is 11.5 Å². The lowest BCUT2D eigenvalue weighted by molar-refractivity contribution is -0.384. The van der Waals surface area contributed by atoms with E-state index >= 15 is 0 Å². The molecule has 0 aliphatic carbocycles. The third kappa shape index (κ3) is 1.97. The smallest absolute Gasteiger partial charge is 0.273 e. The van der Waals surface area contributed by atoms with Crippen LogP contribution in [0, 0.1) is 10.1 Å². The molecular weight excluding hydrogens is 260 g/mol. The Bertz CT molecular complexity index is 685. The molecule has 0 saturated heterocycles. The van der Waals surface area contributed by atoms with E-state index in [1.807, 2.05) is 18.2 Å². The second kappa shape index (κ2) is 4.65. The van der Waals surface area contributed by atoms with Gasteiger partial charge in [-0.25, -0.2) is 0 Å². The van der Waals surface area contributed by atoms with Gasteiger partial charge in [0.1, 0.15) is 0 Å². The number of carbonyl (C=O) groups excluding carboxylic acids is 1. The number of non-ortho nitro benzene ring substituents is 1. The van der Waals surface area contributed by atoms with Crippen LogP contribution < -0.4 is 9.64 Å². The SMILES string of the molecule is O=C1COc2cc([N+](=O)[O-])ccc2N1c1ccccc1. The van der Waals surface area contributed by atoms with Crippen molar-refractivity contribution in [3.8, 4) is 5.75 Å². The second-order valence-corrected chi connectivity index (χ2v) is 4.26. The minimum Gasteiger partial charge on any atom is -0.481 e. The van der Waals surface area contributed by atoms with Crippen LogP contribution in [0.5, 0.6) is 5.75 Å². The molecule has 2 aromatic carbocycles. The maximum Gasteiger partial charge on any atom is 0.273 e. The number of carbonyl (C=O) groups is 1. The maximum absolute atomic E-state index is 12.0. The molecule has 0 saturated carbocycles. The van der Waals surface area contributed by atoms with Gasteiger partial charge in [0, 0.05) is 11.8 Å². The fourth-order valence-electron chi connectivity index (χ4n) is 2.12. The van der Waals surface area contributed by atoms with Crippen LogP contribution in [0.1, 0.15) is 0 Å². The minimum atomic E-state index is -0.493. The summed E-state index contributed by atoms with van der Waals surface area (Å²) in [5, 5.41) is 10.8.